The molecule has 2 aromatic carbocycles. The first-order valence-electron chi connectivity index (χ1n) is 9.12. The van der Waals surface area contributed by atoms with Gasteiger partial charge in [0.1, 0.15) is 6.54 Å². The van der Waals surface area contributed by atoms with Crippen LogP contribution in [0.2, 0.25) is 0 Å². The van der Waals surface area contributed by atoms with E-state index in [0.717, 1.165) is 16.5 Å². The molecule has 156 valence electrons. The quantitative estimate of drug-likeness (QED) is 0.354. The number of para-hydroxylation sites is 1. The van der Waals surface area contributed by atoms with Gasteiger partial charge in [0.25, 0.3) is 16.8 Å². The van der Waals surface area contributed by atoms with Crippen LogP contribution in [0.3, 0.4) is 0 Å². The van der Waals surface area contributed by atoms with Gasteiger partial charge in [0, 0.05) is 41.3 Å². The van der Waals surface area contributed by atoms with Crippen molar-refractivity contribution >= 4 is 51.5 Å². The van der Waals surface area contributed by atoms with Crippen LogP contribution in [0.5, 0.6) is 0 Å². The number of rotatable bonds is 6. The SMILES string of the molecule is O=C(O)CN1C(=O)S/C(=C/c2cn(Cc3ccc([N+](=O)[O-])cc3)c3ccccc23)C1=O. The number of non-ortho nitro benzene ring substituents is 1. The summed E-state index contributed by atoms with van der Waals surface area (Å²) in [5.41, 5.74) is 2.47. The highest BCUT2D eigenvalue weighted by Gasteiger charge is 2.36. The van der Waals surface area contributed by atoms with E-state index < -0.39 is 28.6 Å². The number of aromatic nitrogens is 1. The molecule has 10 heteroatoms. The topological polar surface area (TPSA) is 123 Å². The number of thioether (sulfide) groups is 1. The molecule has 0 bridgehead atoms. The highest BCUT2D eigenvalue weighted by molar-refractivity contribution is 8.18. The third kappa shape index (κ3) is 4.05. The van der Waals surface area contributed by atoms with Gasteiger partial charge in [-0.1, -0.05) is 30.3 Å². The van der Waals surface area contributed by atoms with Crippen LogP contribution in [-0.2, 0) is 16.1 Å². The van der Waals surface area contributed by atoms with E-state index in [0.29, 0.717) is 28.8 Å². The minimum atomic E-state index is -1.26. The van der Waals surface area contributed by atoms with Crippen LogP contribution in [0.1, 0.15) is 11.1 Å². The minimum Gasteiger partial charge on any atom is -0.480 e. The largest absolute Gasteiger partial charge is 0.480 e. The van der Waals surface area contributed by atoms with Crippen LogP contribution < -0.4 is 0 Å². The lowest BCUT2D eigenvalue weighted by Crippen LogP contribution is -2.33. The Morgan fingerprint density at radius 1 is 1.13 bits per heavy atom. The number of carboxylic acids is 1. The van der Waals surface area contributed by atoms with Crippen molar-refractivity contribution in [2.45, 2.75) is 6.54 Å². The fraction of sp³-hybridized carbons (Fsp3) is 0.0952. The Kier molecular flexibility index (Phi) is 5.30. The van der Waals surface area contributed by atoms with Crippen molar-refractivity contribution in [2.75, 3.05) is 6.54 Å². The van der Waals surface area contributed by atoms with Crippen LogP contribution in [0, 0.1) is 10.1 Å². The van der Waals surface area contributed by atoms with Gasteiger partial charge in [-0.15, -0.1) is 0 Å². The Morgan fingerprint density at radius 2 is 1.84 bits per heavy atom. The van der Waals surface area contributed by atoms with Gasteiger partial charge in [0.15, 0.2) is 0 Å². The van der Waals surface area contributed by atoms with Gasteiger partial charge in [-0.25, -0.2) is 0 Å². The average molecular weight is 437 g/mol. The molecule has 1 aromatic heterocycles. The molecule has 1 fully saturated rings. The van der Waals surface area contributed by atoms with Crippen molar-refractivity contribution < 1.29 is 24.4 Å². The molecule has 4 rings (SSSR count). The molecule has 1 saturated heterocycles. The molecule has 1 aliphatic rings. The van der Waals surface area contributed by atoms with E-state index in [4.69, 9.17) is 5.11 Å². The maximum absolute atomic E-state index is 12.5. The number of imide groups is 1. The molecular formula is C21H15N3O6S. The smallest absolute Gasteiger partial charge is 0.323 e. The standard InChI is InChI=1S/C21H15N3O6S/c25-19(26)12-23-20(27)18(31-21(23)28)9-14-11-22(17-4-2-1-3-16(14)17)10-13-5-7-15(8-6-13)24(29)30/h1-9,11H,10,12H2,(H,25,26)/b18-9+. The Bertz CT molecular complexity index is 1260. The summed E-state index contributed by atoms with van der Waals surface area (Å²) in [6.07, 6.45) is 3.42. The number of amides is 2. The van der Waals surface area contributed by atoms with Crippen molar-refractivity contribution in [1.29, 1.82) is 0 Å². The molecule has 0 aliphatic carbocycles. The van der Waals surface area contributed by atoms with Crippen molar-refractivity contribution in [2.24, 2.45) is 0 Å². The van der Waals surface area contributed by atoms with Crippen LogP contribution in [0.15, 0.2) is 59.6 Å². The number of aliphatic carboxylic acids is 1. The molecule has 1 N–H and O–H groups in total. The summed E-state index contributed by atoms with van der Waals surface area (Å²) in [6.45, 7) is -0.225. The molecular weight excluding hydrogens is 422 g/mol. The second kappa shape index (κ2) is 8.07. The number of nitro benzene ring substituents is 1. The average Bonchev–Trinajstić information content (AvgIpc) is 3.20. The number of carbonyl (C=O) groups excluding carboxylic acids is 2. The van der Waals surface area contributed by atoms with Gasteiger partial charge in [0.2, 0.25) is 0 Å². The summed E-state index contributed by atoms with van der Waals surface area (Å²) in [7, 11) is 0. The van der Waals surface area contributed by atoms with Gasteiger partial charge >= 0.3 is 5.97 Å². The number of benzene rings is 2. The lowest BCUT2D eigenvalue weighted by Gasteiger charge is -2.07. The van der Waals surface area contributed by atoms with Crippen LogP contribution >= 0.6 is 11.8 Å². The molecule has 0 saturated carbocycles. The lowest BCUT2D eigenvalue weighted by molar-refractivity contribution is -0.384. The maximum atomic E-state index is 12.5. The zero-order chi connectivity index (χ0) is 22.1. The first-order chi connectivity index (χ1) is 14.8. The van der Waals surface area contributed by atoms with Crippen LogP contribution in [0.25, 0.3) is 17.0 Å². The minimum absolute atomic E-state index is 0.0129. The second-order valence-corrected chi connectivity index (χ2v) is 7.81. The summed E-state index contributed by atoms with van der Waals surface area (Å²) in [5.74, 6) is -1.90. The lowest BCUT2D eigenvalue weighted by atomic mass is 10.1. The van der Waals surface area contributed by atoms with E-state index in [9.17, 15) is 24.5 Å². The van der Waals surface area contributed by atoms with E-state index in [1.807, 2.05) is 35.0 Å². The van der Waals surface area contributed by atoms with E-state index in [1.165, 1.54) is 12.1 Å². The summed E-state index contributed by atoms with van der Waals surface area (Å²) in [4.78, 5) is 46.6. The van der Waals surface area contributed by atoms with Gasteiger partial charge in [-0.05, 0) is 29.5 Å². The van der Waals surface area contributed by atoms with Crippen molar-refractivity contribution in [3.05, 3.63) is 80.9 Å². The number of hydrogen-bond acceptors (Lipinski definition) is 6. The zero-order valence-corrected chi connectivity index (χ0v) is 16.7. The third-order valence-electron chi connectivity index (χ3n) is 4.77. The summed E-state index contributed by atoms with van der Waals surface area (Å²) in [6, 6.07) is 13.8. The van der Waals surface area contributed by atoms with Crippen molar-refractivity contribution in [1.82, 2.24) is 9.47 Å². The molecule has 0 radical (unpaired) electrons. The molecule has 0 spiro atoms. The maximum Gasteiger partial charge on any atom is 0.323 e. The van der Waals surface area contributed by atoms with E-state index >= 15 is 0 Å². The number of carboxylic acid groups (broad SMARTS) is 1. The molecule has 31 heavy (non-hydrogen) atoms. The molecule has 2 heterocycles. The first kappa shape index (κ1) is 20.4. The highest BCUT2D eigenvalue weighted by atomic mass is 32.2. The van der Waals surface area contributed by atoms with Crippen LogP contribution in [0.4, 0.5) is 10.5 Å². The Balaban J connectivity index is 1.68. The summed E-state index contributed by atoms with van der Waals surface area (Å²) >= 11 is 0.707. The Labute approximate surface area is 179 Å². The number of fused-ring (bicyclic) bond motifs is 1. The monoisotopic (exact) mass is 437 g/mol. The Hall–Kier alpha value is -3.92. The summed E-state index contributed by atoms with van der Waals surface area (Å²) < 4.78 is 1.95. The van der Waals surface area contributed by atoms with Gasteiger partial charge in [-0.3, -0.25) is 29.4 Å². The Morgan fingerprint density at radius 3 is 2.52 bits per heavy atom. The molecule has 9 nitrogen and oxygen atoms in total. The van der Waals surface area contributed by atoms with Crippen molar-refractivity contribution in [3.63, 3.8) is 0 Å². The van der Waals surface area contributed by atoms with E-state index in [1.54, 1.807) is 18.2 Å². The number of nitrogens with zero attached hydrogens (tertiary/aromatic N) is 3. The first-order valence-corrected chi connectivity index (χ1v) is 9.93. The highest BCUT2D eigenvalue weighted by Crippen LogP contribution is 2.34. The fourth-order valence-corrected chi connectivity index (χ4v) is 4.18. The van der Waals surface area contributed by atoms with Crippen molar-refractivity contribution in [3.8, 4) is 0 Å². The fourth-order valence-electron chi connectivity index (χ4n) is 3.35. The van der Waals surface area contributed by atoms with Gasteiger partial charge in [0.05, 0.1) is 9.83 Å². The summed E-state index contributed by atoms with van der Waals surface area (Å²) in [5, 5.41) is 20.0. The zero-order valence-electron chi connectivity index (χ0n) is 15.9. The van der Waals surface area contributed by atoms with E-state index in [-0.39, 0.29) is 10.6 Å². The molecule has 1 aliphatic heterocycles. The second-order valence-electron chi connectivity index (χ2n) is 6.81. The predicted octanol–water partition coefficient (Wildman–Crippen LogP) is 3.72. The number of carbonyl (C=O) groups is 3. The van der Waals surface area contributed by atoms with Crippen LogP contribution in [-0.4, -0.2) is 43.2 Å². The predicted molar refractivity (Wildman–Crippen MR) is 114 cm³/mol. The molecule has 3 aromatic rings. The third-order valence-corrected chi connectivity index (χ3v) is 5.68. The molecule has 0 atom stereocenters. The number of hydrogen-bond donors (Lipinski definition) is 1. The molecule has 2 amide bonds. The van der Waals surface area contributed by atoms with Gasteiger partial charge < -0.3 is 9.67 Å². The van der Waals surface area contributed by atoms with Gasteiger partial charge in [-0.2, -0.15) is 0 Å². The molecule has 0 unspecified atom stereocenters. The number of nitro groups is 1. The van der Waals surface area contributed by atoms with E-state index in [2.05, 4.69) is 0 Å². The normalized spacial score (nSPS) is 15.2.